The van der Waals surface area contributed by atoms with E-state index in [2.05, 4.69) is 0 Å². The highest BCUT2D eigenvalue weighted by Crippen LogP contribution is 1.89. The summed E-state index contributed by atoms with van der Waals surface area (Å²) in [6.45, 7) is 0. The number of carbonyl (C=O) groups excluding carboxylic acids is 1. The molecular formula is C4H8N3O+. The van der Waals surface area contributed by atoms with Crippen molar-refractivity contribution < 1.29 is 9.28 Å². The van der Waals surface area contributed by atoms with Gasteiger partial charge in [-0.2, -0.15) is 0 Å². The second-order valence-electron chi connectivity index (χ2n) is 1.89. The average Bonchev–Trinajstić information content (AvgIpc) is 1.67. The van der Waals surface area contributed by atoms with Gasteiger partial charge in [-0.3, -0.25) is 0 Å². The van der Waals surface area contributed by atoms with Crippen LogP contribution in [0.3, 0.4) is 0 Å². The Morgan fingerprint density at radius 2 is 2.12 bits per heavy atom. The number of rotatable bonds is 0. The minimum absolute atomic E-state index is 0.431. The summed E-state index contributed by atoms with van der Waals surface area (Å²) in [5.41, 5.74) is 4.79. The quantitative estimate of drug-likeness (QED) is 0.344. The molecule has 0 atom stereocenters. The first kappa shape index (κ1) is 6.92. The Balaban J connectivity index is 4.19. The van der Waals surface area contributed by atoms with Gasteiger partial charge in [-0.25, -0.2) is 4.79 Å². The van der Waals surface area contributed by atoms with E-state index in [4.69, 9.17) is 11.0 Å². The summed E-state index contributed by atoms with van der Waals surface area (Å²) in [6, 6.07) is -0.646. The van der Waals surface area contributed by atoms with Gasteiger partial charge in [-0.15, -0.1) is 9.74 Å². The standard InChI is InChI=1S/C4H7N3O/c1-7(2,3-5)4(6)8/h1-2H3,(H-,6,8)/p+1. The van der Waals surface area contributed by atoms with Crippen LogP contribution in [0.25, 0.3) is 0 Å². The minimum Gasteiger partial charge on any atom is -0.318 e. The van der Waals surface area contributed by atoms with Crippen molar-refractivity contribution in [3.63, 3.8) is 0 Å². The Labute approximate surface area is 47.7 Å². The van der Waals surface area contributed by atoms with E-state index >= 15 is 0 Å². The maximum atomic E-state index is 10.2. The molecule has 0 aromatic rings. The van der Waals surface area contributed by atoms with Crippen LogP contribution in [0.4, 0.5) is 4.79 Å². The van der Waals surface area contributed by atoms with Gasteiger partial charge >= 0.3 is 12.2 Å². The third kappa shape index (κ3) is 1.21. The van der Waals surface area contributed by atoms with E-state index in [-0.39, 0.29) is 0 Å². The Hall–Kier alpha value is -1.08. The summed E-state index contributed by atoms with van der Waals surface area (Å²) < 4.78 is -0.431. The zero-order valence-electron chi connectivity index (χ0n) is 4.88. The van der Waals surface area contributed by atoms with Crippen LogP contribution in [0.1, 0.15) is 0 Å². The van der Waals surface area contributed by atoms with E-state index < -0.39 is 10.5 Å². The fourth-order valence-corrected chi connectivity index (χ4v) is 0.0493. The first-order chi connectivity index (χ1) is 3.50. The van der Waals surface area contributed by atoms with Crippen LogP contribution in [-0.2, 0) is 0 Å². The molecule has 0 aliphatic heterocycles. The second-order valence-corrected chi connectivity index (χ2v) is 1.89. The van der Waals surface area contributed by atoms with Gasteiger partial charge in [0.05, 0.1) is 14.1 Å². The van der Waals surface area contributed by atoms with E-state index in [0.29, 0.717) is 0 Å². The first-order valence-electron chi connectivity index (χ1n) is 2.06. The van der Waals surface area contributed by atoms with E-state index in [1.807, 2.05) is 0 Å². The minimum atomic E-state index is -0.646. The number of urea groups is 1. The third-order valence-electron chi connectivity index (χ3n) is 0.801. The van der Waals surface area contributed by atoms with Crippen LogP contribution in [0, 0.1) is 11.5 Å². The van der Waals surface area contributed by atoms with Gasteiger partial charge in [0.15, 0.2) is 0 Å². The smallest absolute Gasteiger partial charge is 0.318 e. The Bertz CT molecular complexity index is 144. The summed E-state index contributed by atoms with van der Waals surface area (Å²) in [5.74, 6) is 0. The Morgan fingerprint density at radius 3 is 2.12 bits per heavy atom. The molecule has 4 nitrogen and oxygen atoms in total. The van der Waals surface area contributed by atoms with E-state index in [1.165, 1.54) is 14.1 Å². The molecule has 8 heavy (non-hydrogen) atoms. The average molecular weight is 114 g/mol. The van der Waals surface area contributed by atoms with Gasteiger partial charge in [-0.05, 0) is 0 Å². The molecule has 2 amide bonds. The first-order valence-corrected chi connectivity index (χ1v) is 2.06. The molecular weight excluding hydrogens is 106 g/mol. The van der Waals surface area contributed by atoms with Crippen molar-refractivity contribution in [1.29, 1.82) is 5.26 Å². The lowest BCUT2D eigenvalue weighted by molar-refractivity contribution is -0.736. The number of carbonyl (C=O) groups is 1. The molecule has 4 heteroatoms. The van der Waals surface area contributed by atoms with Crippen molar-refractivity contribution in [2.75, 3.05) is 14.1 Å². The number of hydrogen-bond donors (Lipinski definition) is 1. The Kier molecular flexibility index (Phi) is 1.56. The largest absolute Gasteiger partial charge is 0.428 e. The van der Waals surface area contributed by atoms with Crippen molar-refractivity contribution >= 4 is 6.03 Å². The predicted molar refractivity (Wildman–Crippen MR) is 27.3 cm³/mol. The predicted octanol–water partition coefficient (Wildman–Crippen LogP) is -0.377. The van der Waals surface area contributed by atoms with Gasteiger partial charge in [0.25, 0.3) is 0 Å². The number of quaternary nitrogens is 1. The lowest BCUT2D eigenvalue weighted by Gasteiger charge is -2.10. The normalized spacial score (nSPS) is 10.1. The highest BCUT2D eigenvalue weighted by atomic mass is 16.2. The van der Waals surface area contributed by atoms with Gasteiger partial charge < -0.3 is 5.73 Å². The number of nitrogens with two attached hydrogens (primary N) is 1. The highest BCUT2D eigenvalue weighted by Gasteiger charge is 2.22. The maximum Gasteiger partial charge on any atom is 0.428 e. The zero-order chi connectivity index (χ0) is 6.78. The SMILES string of the molecule is C[N+](C)(C#N)C(N)=O. The number of nitrogens with zero attached hydrogens (tertiary/aromatic N) is 2. The van der Waals surface area contributed by atoms with Gasteiger partial charge in [0.1, 0.15) is 0 Å². The molecule has 0 saturated heterocycles. The van der Waals surface area contributed by atoms with Crippen LogP contribution >= 0.6 is 0 Å². The lowest BCUT2D eigenvalue weighted by atomic mass is 10.7. The molecule has 44 valence electrons. The van der Waals surface area contributed by atoms with Crippen molar-refractivity contribution in [2.45, 2.75) is 0 Å². The molecule has 0 saturated carbocycles. The molecule has 0 aliphatic carbocycles. The van der Waals surface area contributed by atoms with Crippen molar-refractivity contribution in [3.8, 4) is 6.19 Å². The maximum absolute atomic E-state index is 10.2. The molecule has 2 N–H and O–H groups in total. The van der Waals surface area contributed by atoms with Gasteiger partial charge in [-0.1, -0.05) is 0 Å². The van der Waals surface area contributed by atoms with Crippen LogP contribution < -0.4 is 5.73 Å². The van der Waals surface area contributed by atoms with Gasteiger partial charge in [0.2, 0.25) is 0 Å². The fourth-order valence-electron chi connectivity index (χ4n) is 0.0493. The molecule has 0 spiro atoms. The molecule has 0 unspecified atom stereocenters. The molecule has 0 aromatic heterocycles. The molecule has 0 heterocycles. The van der Waals surface area contributed by atoms with Crippen LogP contribution in [0.2, 0.25) is 0 Å². The number of amides is 2. The zero-order valence-corrected chi connectivity index (χ0v) is 4.88. The summed E-state index contributed by atoms with van der Waals surface area (Å²) in [6.07, 6.45) is 1.70. The van der Waals surface area contributed by atoms with E-state index in [1.54, 1.807) is 6.19 Å². The molecule has 0 fully saturated rings. The number of nitriles is 1. The third-order valence-corrected chi connectivity index (χ3v) is 0.801. The van der Waals surface area contributed by atoms with Crippen molar-refractivity contribution in [3.05, 3.63) is 0 Å². The summed E-state index contributed by atoms with van der Waals surface area (Å²) in [7, 11) is 2.84. The van der Waals surface area contributed by atoms with Crippen molar-refractivity contribution in [2.24, 2.45) is 5.73 Å². The van der Waals surface area contributed by atoms with Crippen molar-refractivity contribution in [1.82, 2.24) is 0 Å². The van der Waals surface area contributed by atoms with Crippen LogP contribution in [0.5, 0.6) is 0 Å². The monoisotopic (exact) mass is 114 g/mol. The summed E-state index contributed by atoms with van der Waals surface area (Å²) in [4.78, 5) is 10.2. The van der Waals surface area contributed by atoms with Crippen LogP contribution in [0.15, 0.2) is 0 Å². The number of primary amides is 1. The van der Waals surface area contributed by atoms with Crippen LogP contribution in [-0.4, -0.2) is 24.6 Å². The molecule has 0 bridgehead atoms. The molecule has 0 radical (unpaired) electrons. The van der Waals surface area contributed by atoms with E-state index in [0.717, 1.165) is 0 Å². The molecule has 0 rings (SSSR count). The highest BCUT2D eigenvalue weighted by molar-refractivity contribution is 5.64. The van der Waals surface area contributed by atoms with E-state index in [9.17, 15) is 4.79 Å². The summed E-state index contributed by atoms with van der Waals surface area (Å²) in [5, 5.41) is 8.19. The second kappa shape index (κ2) is 1.80. The topological polar surface area (TPSA) is 66.9 Å². The number of hydrogen-bond acceptors (Lipinski definition) is 2. The van der Waals surface area contributed by atoms with Gasteiger partial charge in [0, 0.05) is 0 Å². The lowest BCUT2D eigenvalue weighted by Crippen LogP contribution is -2.44. The fraction of sp³-hybridized carbons (Fsp3) is 0.500. The molecule has 0 aliphatic rings. The molecule has 0 aromatic carbocycles. The Morgan fingerprint density at radius 1 is 1.75 bits per heavy atom. The summed E-state index contributed by atoms with van der Waals surface area (Å²) >= 11 is 0.